The first-order valence-electron chi connectivity index (χ1n) is 12.6. The predicted octanol–water partition coefficient (Wildman–Crippen LogP) is 3.97. The first kappa shape index (κ1) is 24.0. The molecule has 2 aromatic rings. The Bertz CT molecular complexity index is 900. The second-order valence-corrected chi connectivity index (χ2v) is 10.0. The highest BCUT2D eigenvalue weighted by Crippen LogP contribution is 2.26. The number of rotatable bonds is 9. The first-order chi connectivity index (χ1) is 16.0. The summed E-state index contributed by atoms with van der Waals surface area (Å²) in [5.41, 5.74) is 0. The lowest BCUT2D eigenvalue weighted by molar-refractivity contribution is 0.0892. The number of carbonyl (C=O) groups is 1. The van der Waals surface area contributed by atoms with Gasteiger partial charge in [0, 0.05) is 39.7 Å². The minimum Gasteiger partial charge on any atom is -0.453 e. The van der Waals surface area contributed by atoms with Gasteiger partial charge in [0.2, 0.25) is 0 Å². The van der Waals surface area contributed by atoms with Gasteiger partial charge in [-0.2, -0.15) is 0 Å². The third kappa shape index (κ3) is 6.23. The topological polar surface area (TPSA) is 85.4 Å². The second-order valence-electron chi connectivity index (χ2n) is 10.0. The van der Waals surface area contributed by atoms with Crippen LogP contribution in [0.15, 0.2) is 16.5 Å². The van der Waals surface area contributed by atoms with Gasteiger partial charge in [-0.05, 0) is 43.2 Å². The Balaban J connectivity index is 1.44. The molecular formula is C25H39N5O3. The standard InChI is InChI=1S/C25H39N5O3/c1-18(2)15-21(26-25(31)22-10-9-20(33-22)17-32-3)24-28-27-23-11-12-29(13-14-30(23)24)16-19-7-5-4-6-8-19/h9-10,18-19,21H,4-8,11-17H2,1-3H3,(H,26,31)/t21-/m1/s1. The Morgan fingerprint density at radius 1 is 1.18 bits per heavy atom. The van der Waals surface area contributed by atoms with Crippen molar-refractivity contribution < 1.29 is 13.9 Å². The van der Waals surface area contributed by atoms with Crippen LogP contribution in [0.4, 0.5) is 0 Å². The first-order valence-corrected chi connectivity index (χ1v) is 12.6. The summed E-state index contributed by atoms with van der Waals surface area (Å²) in [4.78, 5) is 15.5. The van der Waals surface area contributed by atoms with Gasteiger partial charge in [-0.15, -0.1) is 10.2 Å². The van der Waals surface area contributed by atoms with Gasteiger partial charge < -0.3 is 23.9 Å². The molecule has 8 heteroatoms. The molecule has 0 spiro atoms. The number of ether oxygens (including phenoxy) is 1. The maximum atomic E-state index is 12.9. The molecule has 1 atom stereocenters. The minimum atomic E-state index is -0.229. The fraction of sp³-hybridized carbons (Fsp3) is 0.720. The third-order valence-corrected chi connectivity index (χ3v) is 6.88. The molecule has 0 aromatic carbocycles. The van der Waals surface area contributed by atoms with Gasteiger partial charge in [-0.25, -0.2) is 0 Å². The Morgan fingerprint density at radius 2 is 2.00 bits per heavy atom. The number of carbonyl (C=O) groups excluding carboxylic acids is 1. The van der Waals surface area contributed by atoms with Gasteiger partial charge in [0.05, 0.1) is 6.04 Å². The summed E-state index contributed by atoms with van der Waals surface area (Å²) in [6, 6.07) is 3.27. The van der Waals surface area contributed by atoms with Crippen molar-refractivity contribution >= 4 is 5.91 Å². The molecule has 3 heterocycles. The summed E-state index contributed by atoms with van der Waals surface area (Å²) in [5.74, 6) is 3.83. The van der Waals surface area contributed by atoms with Gasteiger partial charge in [0.15, 0.2) is 11.6 Å². The van der Waals surface area contributed by atoms with E-state index in [9.17, 15) is 4.79 Å². The maximum Gasteiger partial charge on any atom is 0.287 e. The molecule has 1 aliphatic carbocycles. The summed E-state index contributed by atoms with van der Waals surface area (Å²) in [6.07, 6.45) is 8.60. The van der Waals surface area contributed by atoms with Gasteiger partial charge in [0.25, 0.3) is 5.91 Å². The van der Waals surface area contributed by atoms with E-state index in [-0.39, 0.29) is 11.9 Å². The van der Waals surface area contributed by atoms with E-state index in [4.69, 9.17) is 9.15 Å². The quantitative estimate of drug-likeness (QED) is 0.613. The number of hydrogen-bond donors (Lipinski definition) is 1. The van der Waals surface area contributed by atoms with Crippen molar-refractivity contribution in [1.29, 1.82) is 0 Å². The highest BCUT2D eigenvalue weighted by atomic mass is 16.5. The molecule has 0 radical (unpaired) electrons. The molecule has 182 valence electrons. The zero-order valence-corrected chi connectivity index (χ0v) is 20.4. The number of methoxy groups -OCH3 is 1. The number of fused-ring (bicyclic) bond motifs is 1. The molecule has 1 aliphatic heterocycles. The van der Waals surface area contributed by atoms with E-state index in [2.05, 4.69) is 38.8 Å². The van der Waals surface area contributed by atoms with E-state index < -0.39 is 0 Å². The molecule has 1 amide bonds. The minimum absolute atomic E-state index is 0.209. The normalized spacial score (nSPS) is 18.8. The Hall–Kier alpha value is -2.19. The van der Waals surface area contributed by atoms with Gasteiger partial charge >= 0.3 is 0 Å². The van der Waals surface area contributed by atoms with Gasteiger partial charge in [-0.1, -0.05) is 33.1 Å². The van der Waals surface area contributed by atoms with Crippen molar-refractivity contribution in [3.05, 3.63) is 35.3 Å². The molecule has 0 bridgehead atoms. The molecule has 1 fully saturated rings. The smallest absolute Gasteiger partial charge is 0.287 e. The third-order valence-electron chi connectivity index (χ3n) is 6.88. The van der Waals surface area contributed by atoms with Crippen LogP contribution in [-0.4, -0.2) is 52.3 Å². The molecule has 0 unspecified atom stereocenters. The maximum absolute atomic E-state index is 12.9. The monoisotopic (exact) mass is 457 g/mol. The number of aromatic nitrogens is 3. The number of nitrogens with one attached hydrogen (secondary N) is 1. The van der Waals surface area contributed by atoms with Crippen molar-refractivity contribution in [1.82, 2.24) is 25.0 Å². The number of amides is 1. The van der Waals surface area contributed by atoms with Crippen molar-refractivity contribution in [3.8, 4) is 0 Å². The molecule has 1 saturated carbocycles. The van der Waals surface area contributed by atoms with E-state index in [0.717, 1.165) is 50.0 Å². The average Bonchev–Trinajstić information content (AvgIpc) is 3.38. The fourth-order valence-corrected chi connectivity index (χ4v) is 5.21. The van der Waals surface area contributed by atoms with Crippen molar-refractivity contribution in [2.45, 2.75) is 78.0 Å². The Kier molecular flexibility index (Phi) is 8.20. The lowest BCUT2D eigenvalue weighted by Crippen LogP contribution is -2.34. The second kappa shape index (κ2) is 11.3. The lowest BCUT2D eigenvalue weighted by atomic mass is 9.89. The van der Waals surface area contributed by atoms with Crippen LogP contribution < -0.4 is 5.32 Å². The van der Waals surface area contributed by atoms with Crippen LogP contribution in [-0.2, 0) is 24.3 Å². The van der Waals surface area contributed by atoms with Crippen molar-refractivity contribution in [2.24, 2.45) is 11.8 Å². The van der Waals surface area contributed by atoms with Crippen LogP contribution in [0.25, 0.3) is 0 Å². The number of nitrogens with zero attached hydrogens (tertiary/aromatic N) is 4. The molecule has 8 nitrogen and oxygen atoms in total. The van der Waals surface area contributed by atoms with E-state index in [1.54, 1.807) is 19.2 Å². The van der Waals surface area contributed by atoms with Crippen LogP contribution in [0.2, 0.25) is 0 Å². The molecule has 2 aromatic heterocycles. The van der Waals surface area contributed by atoms with Crippen LogP contribution in [0.3, 0.4) is 0 Å². The molecule has 4 rings (SSSR count). The van der Waals surface area contributed by atoms with E-state index in [0.29, 0.717) is 24.0 Å². The van der Waals surface area contributed by atoms with Gasteiger partial charge in [0.1, 0.15) is 18.2 Å². The highest BCUT2D eigenvalue weighted by molar-refractivity contribution is 5.91. The number of hydrogen-bond acceptors (Lipinski definition) is 6. The van der Waals surface area contributed by atoms with E-state index >= 15 is 0 Å². The van der Waals surface area contributed by atoms with Crippen LogP contribution in [0, 0.1) is 11.8 Å². The summed E-state index contributed by atoms with van der Waals surface area (Å²) in [7, 11) is 1.61. The number of furan rings is 1. The summed E-state index contributed by atoms with van der Waals surface area (Å²) in [6.45, 7) is 8.77. The highest BCUT2D eigenvalue weighted by Gasteiger charge is 2.28. The summed E-state index contributed by atoms with van der Waals surface area (Å²) >= 11 is 0. The van der Waals surface area contributed by atoms with Crippen LogP contribution >= 0.6 is 0 Å². The van der Waals surface area contributed by atoms with Gasteiger partial charge in [-0.3, -0.25) is 4.79 Å². The zero-order valence-electron chi connectivity index (χ0n) is 20.4. The summed E-state index contributed by atoms with van der Waals surface area (Å²) in [5, 5.41) is 12.2. The fourth-order valence-electron chi connectivity index (χ4n) is 5.21. The van der Waals surface area contributed by atoms with Crippen molar-refractivity contribution in [2.75, 3.05) is 26.7 Å². The Labute approximate surface area is 197 Å². The van der Waals surface area contributed by atoms with Crippen LogP contribution in [0.5, 0.6) is 0 Å². The molecule has 2 aliphatic rings. The molecule has 1 N–H and O–H groups in total. The Morgan fingerprint density at radius 3 is 2.76 bits per heavy atom. The summed E-state index contributed by atoms with van der Waals surface area (Å²) < 4.78 is 13.0. The van der Waals surface area contributed by atoms with E-state index in [1.165, 1.54) is 38.6 Å². The van der Waals surface area contributed by atoms with E-state index in [1.807, 2.05) is 0 Å². The van der Waals surface area contributed by atoms with Crippen LogP contribution in [0.1, 0.15) is 86.4 Å². The largest absolute Gasteiger partial charge is 0.453 e. The molecule has 0 saturated heterocycles. The zero-order chi connectivity index (χ0) is 23.2. The van der Waals surface area contributed by atoms with Crippen molar-refractivity contribution in [3.63, 3.8) is 0 Å². The predicted molar refractivity (Wildman–Crippen MR) is 126 cm³/mol. The SMILES string of the molecule is COCc1ccc(C(=O)N[C@H](CC(C)C)c2nnc3n2CCN(CC2CCCCC2)CC3)o1. The molecule has 33 heavy (non-hydrogen) atoms. The molecular weight excluding hydrogens is 418 g/mol. The lowest BCUT2D eigenvalue weighted by Gasteiger charge is -2.28. The average molecular weight is 458 g/mol.